The summed E-state index contributed by atoms with van der Waals surface area (Å²) in [4.78, 5) is 6.95. The molecule has 1 heterocycles. The van der Waals surface area contributed by atoms with Crippen LogP contribution in [0.4, 0.5) is 5.82 Å². The first kappa shape index (κ1) is 15.1. The molecule has 0 saturated heterocycles. The number of pyridine rings is 1. The molecule has 0 spiro atoms. The lowest BCUT2D eigenvalue weighted by molar-refractivity contribution is 0.313. The molecule has 1 fully saturated rings. The Balaban J connectivity index is 2.14. The van der Waals surface area contributed by atoms with Crippen LogP contribution in [0.3, 0.4) is 0 Å². The van der Waals surface area contributed by atoms with Crippen LogP contribution in [0.25, 0.3) is 0 Å². The number of nitrogens with two attached hydrogens (primary N) is 1. The van der Waals surface area contributed by atoms with Gasteiger partial charge in [0.25, 0.3) is 0 Å². The van der Waals surface area contributed by atoms with E-state index in [1.165, 1.54) is 0 Å². The lowest BCUT2D eigenvalue weighted by Gasteiger charge is -2.36. The van der Waals surface area contributed by atoms with Crippen LogP contribution in [-0.4, -0.2) is 30.2 Å². The van der Waals surface area contributed by atoms with E-state index in [1.807, 2.05) is 18.3 Å². The van der Waals surface area contributed by atoms with Crippen molar-refractivity contribution in [1.82, 2.24) is 4.98 Å². The maximum Gasteiger partial charge on any atom is 0.171 e. The van der Waals surface area contributed by atoms with E-state index in [-0.39, 0.29) is 0 Å². The lowest BCUT2D eigenvalue weighted by atomic mass is 9.90. The predicted molar refractivity (Wildman–Crippen MR) is 83.3 cm³/mol. The van der Waals surface area contributed by atoms with Gasteiger partial charge in [0.05, 0.1) is 6.61 Å². The van der Waals surface area contributed by atoms with E-state index in [9.17, 15) is 0 Å². The SMILES string of the molecule is CCCOc1cccnc1N(CC)C1CCC(N)CC1. The van der Waals surface area contributed by atoms with Crippen LogP contribution >= 0.6 is 0 Å². The number of hydrogen-bond acceptors (Lipinski definition) is 4. The Kier molecular flexibility index (Phi) is 5.65. The van der Waals surface area contributed by atoms with Crippen molar-refractivity contribution in [3.8, 4) is 5.75 Å². The van der Waals surface area contributed by atoms with Gasteiger partial charge in [0, 0.05) is 24.8 Å². The Hall–Kier alpha value is -1.29. The molecule has 112 valence electrons. The summed E-state index contributed by atoms with van der Waals surface area (Å²) in [5.74, 6) is 1.90. The smallest absolute Gasteiger partial charge is 0.171 e. The molecular formula is C16H27N3O. The quantitative estimate of drug-likeness (QED) is 0.868. The molecule has 4 heteroatoms. The predicted octanol–water partition coefficient (Wildman–Crippen LogP) is 2.97. The molecule has 0 aromatic carbocycles. The van der Waals surface area contributed by atoms with Crippen LogP contribution in [0.5, 0.6) is 5.75 Å². The monoisotopic (exact) mass is 277 g/mol. The molecule has 0 radical (unpaired) electrons. The summed E-state index contributed by atoms with van der Waals surface area (Å²) in [6, 6.07) is 4.89. The molecule has 1 aromatic heterocycles. The van der Waals surface area contributed by atoms with Crippen molar-refractivity contribution >= 4 is 5.82 Å². The lowest BCUT2D eigenvalue weighted by Crippen LogP contribution is -2.41. The first-order chi connectivity index (χ1) is 9.76. The van der Waals surface area contributed by atoms with Crippen molar-refractivity contribution in [3.63, 3.8) is 0 Å². The van der Waals surface area contributed by atoms with E-state index in [2.05, 4.69) is 23.7 Å². The third-order valence-electron chi connectivity index (χ3n) is 4.01. The van der Waals surface area contributed by atoms with Crippen molar-refractivity contribution in [2.75, 3.05) is 18.1 Å². The third kappa shape index (κ3) is 3.63. The van der Waals surface area contributed by atoms with Gasteiger partial charge < -0.3 is 15.4 Å². The summed E-state index contributed by atoms with van der Waals surface area (Å²) in [6.07, 6.45) is 7.39. The number of aromatic nitrogens is 1. The summed E-state index contributed by atoms with van der Waals surface area (Å²) in [5, 5.41) is 0. The van der Waals surface area contributed by atoms with Crippen molar-refractivity contribution in [2.45, 2.75) is 58.0 Å². The zero-order chi connectivity index (χ0) is 14.4. The average Bonchev–Trinajstić information content (AvgIpc) is 2.49. The molecule has 20 heavy (non-hydrogen) atoms. The fourth-order valence-corrected chi connectivity index (χ4v) is 2.92. The van der Waals surface area contributed by atoms with Crippen LogP contribution in [-0.2, 0) is 0 Å². The van der Waals surface area contributed by atoms with Gasteiger partial charge in [-0.3, -0.25) is 0 Å². The van der Waals surface area contributed by atoms with Crippen molar-refractivity contribution in [1.29, 1.82) is 0 Å². The second-order valence-corrected chi connectivity index (χ2v) is 5.53. The van der Waals surface area contributed by atoms with Gasteiger partial charge in [-0.2, -0.15) is 0 Å². The van der Waals surface area contributed by atoms with E-state index in [1.54, 1.807) is 0 Å². The molecule has 0 atom stereocenters. The number of anilines is 1. The van der Waals surface area contributed by atoms with Gasteiger partial charge in [-0.1, -0.05) is 6.92 Å². The van der Waals surface area contributed by atoms with E-state index in [0.717, 1.165) is 56.8 Å². The Morgan fingerprint density at radius 2 is 2.05 bits per heavy atom. The Morgan fingerprint density at radius 1 is 1.30 bits per heavy atom. The molecule has 0 aliphatic heterocycles. The highest BCUT2D eigenvalue weighted by molar-refractivity contribution is 5.52. The Bertz CT molecular complexity index is 402. The van der Waals surface area contributed by atoms with E-state index in [4.69, 9.17) is 10.5 Å². The Morgan fingerprint density at radius 3 is 2.70 bits per heavy atom. The standard InChI is InChI=1S/C16H27N3O/c1-3-12-20-15-6-5-11-18-16(15)19(4-2)14-9-7-13(17)8-10-14/h5-6,11,13-14H,3-4,7-10,12,17H2,1-2H3. The Labute approximate surface area is 122 Å². The number of nitrogens with zero attached hydrogens (tertiary/aromatic N) is 2. The zero-order valence-corrected chi connectivity index (χ0v) is 12.7. The molecule has 1 aliphatic rings. The summed E-state index contributed by atoms with van der Waals surface area (Å²) >= 11 is 0. The second-order valence-electron chi connectivity index (χ2n) is 5.53. The summed E-state index contributed by atoms with van der Waals surface area (Å²) < 4.78 is 5.85. The molecule has 1 aromatic rings. The normalized spacial score (nSPS) is 22.6. The minimum absolute atomic E-state index is 0.379. The maximum atomic E-state index is 6.01. The van der Waals surface area contributed by atoms with E-state index in [0.29, 0.717) is 12.1 Å². The molecule has 1 saturated carbocycles. The number of ether oxygens (including phenoxy) is 1. The van der Waals surface area contributed by atoms with Gasteiger partial charge >= 0.3 is 0 Å². The van der Waals surface area contributed by atoms with Crippen LogP contribution in [0.1, 0.15) is 46.0 Å². The van der Waals surface area contributed by atoms with Crippen LogP contribution in [0, 0.1) is 0 Å². The highest BCUT2D eigenvalue weighted by Crippen LogP contribution is 2.31. The fourth-order valence-electron chi connectivity index (χ4n) is 2.92. The van der Waals surface area contributed by atoms with Gasteiger partial charge in [0.15, 0.2) is 11.6 Å². The van der Waals surface area contributed by atoms with Crippen LogP contribution in [0.2, 0.25) is 0 Å². The highest BCUT2D eigenvalue weighted by atomic mass is 16.5. The largest absolute Gasteiger partial charge is 0.490 e. The first-order valence-electron chi connectivity index (χ1n) is 7.86. The molecule has 2 N–H and O–H groups in total. The molecule has 1 aliphatic carbocycles. The number of rotatable bonds is 6. The molecular weight excluding hydrogens is 250 g/mol. The fraction of sp³-hybridized carbons (Fsp3) is 0.688. The molecule has 0 amide bonds. The summed E-state index contributed by atoms with van der Waals surface area (Å²) in [5.41, 5.74) is 6.01. The van der Waals surface area contributed by atoms with Gasteiger partial charge in [0.2, 0.25) is 0 Å². The topological polar surface area (TPSA) is 51.4 Å². The van der Waals surface area contributed by atoms with Crippen LogP contribution < -0.4 is 15.4 Å². The van der Waals surface area contributed by atoms with Crippen molar-refractivity contribution in [3.05, 3.63) is 18.3 Å². The summed E-state index contributed by atoms with van der Waals surface area (Å²) in [6.45, 7) is 6.01. The van der Waals surface area contributed by atoms with Gasteiger partial charge in [-0.15, -0.1) is 0 Å². The van der Waals surface area contributed by atoms with Crippen molar-refractivity contribution < 1.29 is 4.74 Å². The minimum atomic E-state index is 0.379. The highest BCUT2D eigenvalue weighted by Gasteiger charge is 2.26. The average molecular weight is 277 g/mol. The van der Waals surface area contributed by atoms with Gasteiger partial charge in [-0.25, -0.2) is 4.98 Å². The minimum Gasteiger partial charge on any atom is -0.490 e. The maximum absolute atomic E-state index is 6.01. The van der Waals surface area contributed by atoms with Crippen LogP contribution in [0.15, 0.2) is 18.3 Å². The van der Waals surface area contributed by atoms with E-state index >= 15 is 0 Å². The van der Waals surface area contributed by atoms with Crippen molar-refractivity contribution in [2.24, 2.45) is 5.73 Å². The number of hydrogen-bond donors (Lipinski definition) is 1. The second kappa shape index (κ2) is 7.48. The van der Waals surface area contributed by atoms with E-state index < -0.39 is 0 Å². The third-order valence-corrected chi connectivity index (χ3v) is 4.01. The van der Waals surface area contributed by atoms with Gasteiger partial charge in [-0.05, 0) is 51.2 Å². The molecule has 0 unspecified atom stereocenters. The molecule has 0 bridgehead atoms. The van der Waals surface area contributed by atoms with Gasteiger partial charge in [0.1, 0.15) is 0 Å². The molecule has 2 rings (SSSR count). The summed E-state index contributed by atoms with van der Waals surface area (Å²) in [7, 11) is 0. The zero-order valence-electron chi connectivity index (χ0n) is 12.7. The molecule has 4 nitrogen and oxygen atoms in total. The first-order valence-corrected chi connectivity index (χ1v) is 7.86.